The van der Waals surface area contributed by atoms with Crippen LogP contribution in [0.15, 0.2) is 54.7 Å². The van der Waals surface area contributed by atoms with Crippen LogP contribution >= 0.6 is 0 Å². The molecular weight excluding hydrogens is 436 g/mol. The summed E-state index contributed by atoms with van der Waals surface area (Å²) in [6, 6.07) is 16.1. The lowest BCUT2D eigenvalue weighted by Crippen LogP contribution is -2.30. The first kappa shape index (κ1) is 21.7. The van der Waals surface area contributed by atoms with Gasteiger partial charge in [-0.25, -0.2) is 4.79 Å². The highest BCUT2D eigenvalue weighted by Crippen LogP contribution is 2.44. The van der Waals surface area contributed by atoms with E-state index in [2.05, 4.69) is 22.5 Å². The summed E-state index contributed by atoms with van der Waals surface area (Å²) in [6.45, 7) is 0.616. The Balaban J connectivity index is 1.28. The van der Waals surface area contributed by atoms with Crippen molar-refractivity contribution in [1.29, 1.82) is 0 Å². The summed E-state index contributed by atoms with van der Waals surface area (Å²) in [5.74, 6) is -1.87. The number of hydrogen-bond donors (Lipinski definition) is 2. The second-order valence-corrected chi connectivity index (χ2v) is 8.59. The van der Waals surface area contributed by atoms with Crippen LogP contribution in [0.1, 0.15) is 33.8 Å². The van der Waals surface area contributed by atoms with Gasteiger partial charge in [0.2, 0.25) is 0 Å². The number of likely N-dealkylation sites (tertiary alicyclic amines) is 1. The van der Waals surface area contributed by atoms with Crippen LogP contribution in [0.3, 0.4) is 0 Å². The maximum atomic E-state index is 13.0. The van der Waals surface area contributed by atoms with Gasteiger partial charge in [-0.2, -0.15) is 5.10 Å². The molecule has 1 fully saturated rings. The largest absolute Gasteiger partial charge is 0.481 e. The molecular formula is C25H24N4O5. The molecule has 0 radical (unpaired) electrons. The van der Waals surface area contributed by atoms with E-state index in [1.165, 1.54) is 15.8 Å². The fraction of sp³-hybridized carbons (Fsp3) is 0.280. The number of carboxylic acid groups (broad SMARTS) is 1. The molecule has 0 bridgehead atoms. The number of ether oxygens (including phenoxy) is 1. The van der Waals surface area contributed by atoms with Crippen molar-refractivity contribution >= 4 is 23.8 Å². The molecule has 2 aromatic carbocycles. The van der Waals surface area contributed by atoms with E-state index < -0.39 is 18.0 Å². The topological polar surface area (TPSA) is 114 Å². The summed E-state index contributed by atoms with van der Waals surface area (Å²) < 4.78 is 6.99. The summed E-state index contributed by atoms with van der Waals surface area (Å²) >= 11 is 0. The molecule has 174 valence electrons. The van der Waals surface area contributed by atoms with Crippen molar-refractivity contribution in [2.45, 2.75) is 12.3 Å². The smallest absolute Gasteiger partial charge is 0.412 e. The summed E-state index contributed by atoms with van der Waals surface area (Å²) in [7, 11) is 1.64. The number of nitrogens with one attached hydrogen (secondary N) is 1. The van der Waals surface area contributed by atoms with Crippen LogP contribution in [0, 0.1) is 5.92 Å². The highest BCUT2D eigenvalue weighted by atomic mass is 16.5. The van der Waals surface area contributed by atoms with Gasteiger partial charge in [0.05, 0.1) is 5.92 Å². The van der Waals surface area contributed by atoms with E-state index in [1.54, 1.807) is 7.05 Å². The van der Waals surface area contributed by atoms with Gasteiger partial charge in [0.15, 0.2) is 5.82 Å². The molecule has 34 heavy (non-hydrogen) atoms. The van der Waals surface area contributed by atoms with Crippen molar-refractivity contribution in [2.24, 2.45) is 13.0 Å². The van der Waals surface area contributed by atoms with Crippen LogP contribution in [0.4, 0.5) is 10.6 Å². The molecule has 3 aromatic rings. The Morgan fingerprint density at radius 1 is 1.09 bits per heavy atom. The van der Waals surface area contributed by atoms with E-state index in [9.17, 15) is 19.5 Å². The molecule has 1 aliphatic heterocycles. The minimum atomic E-state index is -0.918. The molecule has 1 saturated heterocycles. The molecule has 1 aromatic heterocycles. The van der Waals surface area contributed by atoms with Gasteiger partial charge < -0.3 is 14.7 Å². The van der Waals surface area contributed by atoms with Crippen LogP contribution in [0.5, 0.6) is 0 Å². The lowest BCUT2D eigenvalue weighted by atomic mass is 9.98. The van der Waals surface area contributed by atoms with Crippen molar-refractivity contribution in [3.8, 4) is 11.1 Å². The lowest BCUT2D eigenvalue weighted by molar-refractivity contribution is -0.141. The summed E-state index contributed by atoms with van der Waals surface area (Å²) in [5, 5.41) is 16.0. The lowest BCUT2D eigenvalue weighted by Gasteiger charge is -2.16. The maximum absolute atomic E-state index is 13.0. The number of fused-ring (bicyclic) bond motifs is 3. The van der Waals surface area contributed by atoms with Crippen LogP contribution in [-0.4, -0.2) is 57.5 Å². The molecule has 2 heterocycles. The van der Waals surface area contributed by atoms with Gasteiger partial charge in [0, 0.05) is 32.3 Å². The first-order valence-electron chi connectivity index (χ1n) is 11.1. The van der Waals surface area contributed by atoms with Crippen molar-refractivity contribution < 1.29 is 24.2 Å². The van der Waals surface area contributed by atoms with E-state index in [1.807, 2.05) is 36.4 Å². The Kier molecular flexibility index (Phi) is 5.53. The van der Waals surface area contributed by atoms with Crippen LogP contribution in [-0.2, 0) is 16.6 Å². The predicted molar refractivity (Wildman–Crippen MR) is 124 cm³/mol. The van der Waals surface area contributed by atoms with E-state index in [0.717, 1.165) is 22.3 Å². The first-order valence-corrected chi connectivity index (χ1v) is 11.1. The summed E-state index contributed by atoms with van der Waals surface area (Å²) in [6.07, 6.45) is 1.20. The predicted octanol–water partition coefficient (Wildman–Crippen LogP) is 3.33. The van der Waals surface area contributed by atoms with Crippen LogP contribution < -0.4 is 5.32 Å². The molecule has 2 amide bonds. The second-order valence-electron chi connectivity index (χ2n) is 8.59. The minimum Gasteiger partial charge on any atom is -0.481 e. The number of anilines is 1. The zero-order valence-corrected chi connectivity index (χ0v) is 18.6. The molecule has 1 unspecified atom stereocenters. The molecule has 9 nitrogen and oxygen atoms in total. The van der Waals surface area contributed by atoms with Crippen LogP contribution in [0.25, 0.3) is 11.1 Å². The Labute approximate surface area is 195 Å². The van der Waals surface area contributed by atoms with E-state index in [4.69, 9.17) is 4.74 Å². The summed E-state index contributed by atoms with van der Waals surface area (Å²) in [4.78, 5) is 38.3. The number of nitrogens with zero attached hydrogens (tertiary/aromatic N) is 3. The fourth-order valence-electron chi connectivity index (χ4n) is 4.79. The normalized spacial score (nSPS) is 16.7. The molecule has 0 spiro atoms. The SMILES string of the molecule is Cn1cc(C(=O)N2CCC(C(=O)O)C2)c(NC(=O)OCC2c3ccccc3-c3ccccc32)n1. The van der Waals surface area contributed by atoms with Gasteiger partial charge in [-0.1, -0.05) is 48.5 Å². The van der Waals surface area contributed by atoms with Crippen molar-refractivity contribution in [2.75, 3.05) is 25.0 Å². The number of hydrogen-bond acceptors (Lipinski definition) is 5. The first-order chi connectivity index (χ1) is 16.4. The zero-order chi connectivity index (χ0) is 23.8. The highest BCUT2D eigenvalue weighted by molar-refractivity contribution is 6.01. The Bertz CT molecular complexity index is 1240. The van der Waals surface area contributed by atoms with Crippen molar-refractivity contribution in [3.05, 3.63) is 71.4 Å². The number of carboxylic acids is 1. The number of aromatic nitrogens is 2. The maximum Gasteiger partial charge on any atom is 0.412 e. The van der Waals surface area contributed by atoms with E-state index in [0.29, 0.717) is 13.0 Å². The Morgan fingerprint density at radius 2 is 1.74 bits per heavy atom. The molecule has 2 N–H and O–H groups in total. The average Bonchev–Trinajstić information content (AvgIpc) is 3.53. The second kappa shape index (κ2) is 8.66. The van der Waals surface area contributed by atoms with Gasteiger partial charge >= 0.3 is 12.1 Å². The molecule has 9 heteroatoms. The summed E-state index contributed by atoms with van der Waals surface area (Å²) in [5.41, 5.74) is 4.67. The van der Waals surface area contributed by atoms with Gasteiger partial charge in [0.1, 0.15) is 12.2 Å². The molecule has 1 atom stereocenters. The molecule has 1 aliphatic carbocycles. The number of aliphatic carboxylic acids is 1. The third-order valence-electron chi connectivity index (χ3n) is 6.45. The molecule has 2 aliphatic rings. The third kappa shape index (κ3) is 3.89. The fourth-order valence-corrected chi connectivity index (χ4v) is 4.79. The number of carbonyl (C=O) groups excluding carboxylic acids is 2. The number of benzene rings is 2. The number of rotatable bonds is 5. The standard InChI is InChI=1S/C25H24N4O5/c1-28-13-20(23(30)29-11-10-15(12-29)24(31)32)22(27-28)26-25(33)34-14-21-18-8-4-2-6-16(18)17-7-3-5-9-19(17)21/h2-9,13,15,21H,10-12,14H2,1H3,(H,31,32)(H,26,27,33). The average molecular weight is 460 g/mol. The quantitative estimate of drug-likeness (QED) is 0.604. The third-order valence-corrected chi connectivity index (χ3v) is 6.45. The van der Waals surface area contributed by atoms with Crippen LogP contribution in [0.2, 0.25) is 0 Å². The zero-order valence-electron chi connectivity index (χ0n) is 18.6. The minimum absolute atomic E-state index is 0.0828. The van der Waals surface area contributed by atoms with Crippen molar-refractivity contribution in [3.63, 3.8) is 0 Å². The van der Waals surface area contributed by atoms with Gasteiger partial charge in [-0.05, 0) is 28.7 Å². The highest BCUT2D eigenvalue weighted by Gasteiger charge is 2.33. The number of amides is 2. The van der Waals surface area contributed by atoms with E-state index in [-0.39, 0.29) is 36.4 Å². The number of carbonyl (C=O) groups is 3. The molecule has 0 saturated carbocycles. The van der Waals surface area contributed by atoms with Gasteiger partial charge in [-0.15, -0.1) is 0 Å². The number of aryl methyl sites for hydroxylation is 1. The Hall–Kier alpha value is -4.14. The van der Waals surface area contributed by atoms with Gasteiger partial charge in [0.25, 0.3) is 5.91 Å². The van der Waals surface area contributed by atoms with Crippen molar-refractivity contribution in [1.82, 2.24) is 14.7 Å². The van der Waals surface area contributed by atoms with E-state index >= 15 is 0 Å². The molecule has 5 rings (SSSR count). The Morgan fingerprint density at radius 3 is 2.35 bits per heavy atom. The monoisotopic (exact) mass is 460 g/mol. The van der Waals surface area contributed by atoms with Gasteiger partial charge in [-0.3, -0.25) is 19.6 Å².